The van der Waals surface area contributed by atoms with Crippen LogP contribution in [0.15, 0.2) is 104 Å². The van der Waals surface area contributed by atoms with Crippen molar-refractivity contribution >= 4 is 23.9 Å². The van der Waals surface area contributed by atoms with Crippen molar-refractivity contribution < 1.29 is 62.2 Å². The Morgan fingerprint density at radius 1 is 0.720 bits per heavy atom. The van der Waals surface area contributed by atoms with E-state index in [0.29, 0.717) is 0 Å². The summed E-state index contributed by atoms with van der Waals surface area (Å²) < 4.78 is 47.1. The van der Waals surface area contributed by atoms with E-state index in [1.54, 1.807) is 73.7 Å². The number of carbonyl (C=O) groups excluding carboxylic acids is 4. The van der Waals surface area contributed by atoms with Crippen molar-refractivity contribution in [2.45, 2.75) is 69.2 Å². The van der Waals surface area contributed by atoms with Gasteiger partial charge in [-0.05, 0) is 43.3 Å². The number of rotatable bonds is 12. The number of benzene rings is 3. The summed E-state index contributed by atoms with van der Waals surface area (Å²) in [5.41, 5.74) is 0.535. The van der Waals surface area contributed by atoms with Crippen LogP contribution < -0.4 is 0 Å². The Morgan fingerprint density at radius 2 is 1.20 bits per heavy atom. The Labute approximate surface area is 288 Å². The Bertz CT molecular complexity index is 1600. The van der Waals surface area contributed by atoms with Gasteiger partial charge in [0.05, 0.1) is 36.0 Å². The molecule has 0 radical (unpaired) electrons. The molecular weight excluding hydrogens is 652 g/mol. The molecule has 0 amide bonds. The molecule has 2 aliphatic heterocycles. The number of hydrogen-bond donors (Lipinski definition) is 1. The van der Waals surface area contributed by atoms with Crippen LogP contribution in [-0.2, 0) is 42.7 Å². The van der Waals surface area contributed by atoms with E-state index in [1.807, 2.05) is 0 Å². The molecule has 0 aliphatic carbocycles. The summed E-state index contributed by atoms with van der Waals surface area (Å²) in [7, 11) is 0. The average Bonchev–Trinajstić information content (AvgIpc) is 3.13. The Kier molecular flexibility index (Phi) is 12.5. The van der Waals surface area contributed by atoms with Gasteiger partial charge in [0.1, 0.15) is 12.2 Å². The lowest BCUT2D eigenvalue weighted by atomic mass is 9.97. The lowest BCUT2D eigenvalue weighted by Crippen LogP contribution is -2.64. The van der Waals surface area contributed by atoms with Crippen molar-refractivity contribution in [3.05, 3.63) is 120 Å². The number of carbonyl (C=O) groups is 4. The number of ether oxygens (including phenoxy) is 8. The van der Waals surface area contributed by atoms with Crippen molar-refractivity contribution in [1.29, 1.82) is 0 Å². The van der Waals surface area contributed by atoms with Crippen molar-refractivity contribution in [3.63, 3.8) is 0 Å². The molecule has 0 aromatic heterocycles. The fraction of sp³-hybridized carbons (Fsp3) is 0.351. The first-order valence-corrected chi connectivity index (χ1v) is 15.9. The molecule has 0 saturated carbocycles. The normalized spacial score (nSPS) is 27.7. The van der Waals surface area contributed by atoms with Gasteiger partial charge in [-0.25, -0.2) is 14.4 Å². The highest BCUT2D eigenvalue weighted by atomic mass is 16.8. The molecular formula is C37H38O13. The van der Waals surface area contributed by atoms with Gasteiger partial charge in [-0.1, -0.05) is 60.7 Å². The quantitative estimate of drug-likeness (QED) is 0.167. The van der Waals surface area contributed by atoms with Crippen LogP contribution in [0.3, 0.4) is 0 Å². The molecule has 2 fully saturated rings. The summed E-state index contributed by atoms with van der Waals surface area (Å²) in [6, 6.07) is 24.2. The van der Waals surface area contributed by atoms with Crippen LogP contribution in [-0.4, -0.2) is 97.5 Å². The van der Waals surface area contributed by atoms with Crippen molar-refractivity contribution in [2.75, 3.05) is 13.2 Å². The van der Waals surface area contributed by atoms with Crippen LogP contribution in [0, 0.1) is 0 Å². The predicted molar refractivity (Wildman–Crippen MR) is 174 cm³/mol. The Hall–Kier alpha value is -4.92. The summed E-state index contributed by atoms with van der Waals surface area (Å²) in [6.45, 7) is 6.15. The first-order valence-electron chi connectivity index (χ1n) is 15.9. The van der Waals surface area contributed by atoms with Gasteiger partial charge in [-0.3, -0.25) is 4.79 Å². The highest BCUT2D eigenvalue weighted by Crippen LogP contribution is 2.34. The zero-order valence-electron chi connectivity index (χ0n) is 27.4. The van der Waals surface area contributed by atoms with Crippen LogP contribution in [0.25, 0.3) is 0 Å². The maximum Gasteiger partial charge on any atom is 0.338 e. The van der Waals surface area contributed by atoms with Crippen LogP contribution >= 0.6 is 0 Å². The summed E-state index contributed by atoms with van der Waals surface area (Å²) in [5.74, 6) is -3.07. The Morgan fingerprint density at radius 3 is 1.68 bits per heavy atom. The monoisotopic (exact) mass is 690 g/mol. The molecule has 50 heavy (non-hydrogen) atoms. The van der Waals surface area contributed by atoms with Crippen LogP contribution in [0.5, 0.6) is 0 Å². The third-order valence-corrected chi connectivity index (χ3v) is 7.88. The maximum absolute atomic E-state index is 13.6. The van der Waals surface area contributed by atoms with E-state index in [2.05, 4.69) is 6.58 Å². The van der Waals surface area contributed by atoms with Gasteiger partial charge < -0.3 is 43.0 Å². The number of aliphatic hydroxyl groups excluding tert-OH is 1. The molecule has 0 spiro atoms. The van der Waals surface area contributed by atoms with Gasteiger partial charge in [0, 0.05) is 6.92 Å². The molecule has 3 aromatic rings. The molecule has 2 heterocycles. The zero-order valence-corrected chi connectivity index (χ0v) is 27.4. The molecule has 0 bridgehead atoms. The number of aliphatic hydroxyl groups is 1. The minimum absolute atomic E-state index is 0.00134. The largest absolute Gasteiger partial charge is 0.457 e. The molecule has 0 unspecified atom stereocenters. The zero-order chi connectivity index (χ0) is 35.6. The molecule has 5 rings (SSSR count). The van der Waals surface area contributed by atoms with Gasteiger partial charge in [0.25, 0.3) is 0 Å². The van der Waals surface area contributed by atoms with Crippen molar-refractivity contribution in [2.24, 2.45) is 0 Å². The van der Waals surface area contributed by atoms with Crippen molar-refractivity contribution in [3.8, 4) is 0 Å². The number of hydrogen-bond acceptors (Lipinski definition) is 13. The van der Waals surface area contributed by atoms with E-state index >= 15 is 0 Å². The van der Waals surface area contributed by atoms with Gasteiger partial charge >= 0.3 is 23.9 Å². The van der Waals surface area contributed by atoms with E-state index in [4.69, 9.17) is 37.9 Å². The summed E-state index contributed by atoms with van der Waals surface area (Å²) in [5, 5.41) is 11.3. The number of esters is 4. The summed E-state index contributed by atoms with van der Waals surface area (Å²) >= 11 is 0. The summed E-state index contributed by atoms with van der Waals surface area (Å²) in [4.78, 5) is 52.3. The SMILES string of the molecule is C=CCO[C@@H]1OC[C@H](OC(C)=O)[C@H](O)[C@H]1O[C@@H]1O[C@@H](C)[C@H](OC(=O)c2ccccc2)[C@@H](OC(=O)c2ccccc2)[C@H]1OC(=O)c1ccccc1. The second-order valence-electron chi connectivity index (χ2n) is 11.5. The molecule has 264 valence electrons. The standard InChI is InChI=1S/C37H38O13/c1-4-20-43-36-30(28(39)27(21-44-36)46-23(3)38)50-37-32(49-35(42)26-18-12-7-13-19-26)31(48-34(41)25-16-10-6-11-17-25)29(22(2)45-37)47-33(40)24-14-8-5-9-15-24/h4-19,22,27-32,36-37,39H,1,20-21H2,2-3H3/t22-,27-,28-,29-,30+,31+,32+,36+,37-/m0/s1. The van der Waals surface area contributed by atoms with E-state index in [9.17, 15) is 24.3 Å². The topological polar surface area (TPSA) is 162 Å². The molecule has 3 aromatic carbocycles. The van der Waals surface area contributed by atoms with E-state index in [1.165, 1.54) is 37.3 Å². The van der Waals surface area contributed by atoms with Gasteiger partial charge in [-0.2, -0.15) is 0 Å². The molecule has 13 nitrogen and oxygen atoms in total. The van der Waals surface area contributed by atoms with Gasteiger partial charge in [0.2, 0.25) is 0 Å². The first-order chi connectivity index (χ1) is 24.2. The van der Waals surface area contributed by atoms with E-state index in [0.717, 1.165) is 0 Å². The molecule has 2 saturated heterocycles. The summed E-state index contributed by atoms with van der Waals surface area (Å²) in [6.07, 6.45) is -10.9. The highest BCUT2D eigenvalue weighted by Gasteiger charge is 2.54. The molecule has 9 atom stereocenters. The van der Waals surface area contributed by atoms with Gasteiger partial charge in [0.15, 0.2) is 37.0 Å². The fourth-order valence-electron chi connectivity index (χ4n) is 5.48. The minimum Gasteiger partial charge on any atom is -0.457 e. The van der Waals surface area contributed by atoms with E-state index < -0.39 is 79.2 Å². The first kappa shape index (κ1) is 36.4. The smallest absolute Gasteiger partial charge is 0.338 e. The minimum atomic E-state index is -1.60. The third-order valence-electron chi connectivity index (χ3n) is 7.88. The van der Waals surface area contributed by atoms with Gasteiger partial charge in [-0.15, -0.1) is 6.58 Å². The van der Waals surface area contributed by atoms with Crippen LogP contribution in [0.4, 0.5) is 0 Å². The lowest BCUT2D eigenvalue weighted by molar-refractivity contribution is -0.351. The van der Waals surface area contributed by atoms with E-state index in [-0.39, 0.29) is 29.9 Å². The molecule has 2 aliphatic rings. The third kappa shape index (κ3) is 9.00. The molecule has 13 heteroatoms. The van der Waals surface area contributed by atoms with Crippen LogP contribution in [0.2, 0.25) is 0 Å². The highest BCUT2D eigenvalue weighted by molar-refractivity contribution is 5.91. The second-order valence-corrected chi connectivity index (χ2v) is 11.5. The van der Waals surface area contributed by atoms with Crippen molar-refractivity contribution in [1.82, 2.24) is 0 Å². The van der Waals surface area contributed by atoms with Crippen LogP contribution in [0.1, 0.15) is 44.9 Å². The fourth-order valence-corrected chi connectivity index (χ4v) is 5.48. The average molecular weight is 691 g/mol. The predicted octanol–water partition coefficient (Wildman–Crippen LogP) is 3.64. The lowest BCUT2D eigenvalue weighted by Gasteiger charge is -2.46. The second kappa shape index (κ2) is 17.1. The molecule has 1 N–H and O–H groups in total. The maximum atomic E-state index is 13.6. The Balaban J connectivity index is 1.54.